The second-order valence-electron chi connectivity index (χ2n) is 6.33. The third kappa shape index (κ3) is 4.09. The first-order valence-corrected chi connectivity index (χ1v) is 6.87. The third-order valence-corrected chi connectivity index (χ3v) is 3.26. The molecule has 0 aliphatic rings. The van der Waals surface area contributed by atoms with Gasteiger partial charge in [-0.05, 0) is 30.0 Å². The van der Waals surface area contributed by atoms with Gasteiger partial charge >= 0.3 is 6.18 Å². The Bertz CT molecular complexity index is 627. The van der Waals surface area contributed by atoms with Crippen molar-refractivity contribution in [1.29, 1.82) is 0 Å². The summed E-state index contributed by atoms with van der Waals surface area (Å²) in [5.74, 6) is 0. The Labute approximate surface area is 122 Å². The van der Waals surface area contributed by atoms with Crippen LogP contribution in [0.25, 0.3) is 10.9 Å². The number of hydrogen-bond acceptors (Lipinski definition) is 2. The zero-order valence-electron chi connectivity index (χ0n) is 12.4. The standard InChI is InChI=1S/C16H19F3N2/c1-15(2,3)7-9-21-13-6-8-20-14-10-11(16(17,18)19)4-5-12(13)14/h4-6,8,10H,7,9H2,1-3H3,(H,20,21). The molecule has 0 fully saturated rings. The summed E-state index contributed by atoms with van der Waals surface area (Å²) < 4.78 is 38.1. The largest absolute Gasteiger partial charge is 0.416 e. The molecule has 0 radical (unpaired) electrons. The van der Waals surface area contributed by atoms with Gasteiger partial charge in [-0.15, -0.1) is 0 Å². The topological polar surface area (TPSA) is 24.9 Å². The van der Waals surface area contributed by atoms with Gasteiger partial charge in [0.15, 0.2) is 0 Å². The van der Waals surface area contributed by atoms with Crippen LogP contribution in [0.1, 0.15) is 32.8 Å². The first kappa shape index (κ1) is 15.6. The van der Waals surface area contributed by atoms with Gasteiger partial charge in [-0.3, -0.25) is 4.98 Å². The molecule has 5 heteroatoms. The van der Waals surface area contributed by atoms with Gasteiger partial charge in [0.2, 0.25) is 0 Å². The van der Waals surface area contributed by atoms with Crippen LogP contribution in [0.15, 0.2) is 30.5 Å². The molecule has 0 spiro atoms. The molecule has 0 atom stereocenters. The van der Waals surface area contributed by atoms with Crippen LogP contribution in [0.4, 0.5) is 18.9 Å². The van der Waals surface area contributed by atoms with Crippen LogP contribution in [0.5, 0.6) is 0 Å². The van der Waals surface area contributed by atoms with Gasteiger partial charge in [0.1, 0.15) is 0 Å². The van der Waals surface area contributed by atoms with Crippen LogP contribution in [-0.2, 0) is 6.18 Å². The number of aromatic nitrogens is 1. The molecule has 21 heavy (non-hydrogen) atoms. The summed E-state index contributed by atoms with van der Waals surface area (Å²) in [5, 5.41) is 3.99. The van der Waals surface area contributed by atoms with Crippen molar-refractivity contribution in [3.05, 3.63) is 36.0 Å². The molecule has 0 unspecified atom stereocenters. The fourth-order valence-corrected chi connectivity index (χ4v) is 2.05. The number of rotatable bonds is 3. The van der Waals surface area contributed by atoms with Crippen molar-refractivity contribution in [3.63, 3.8) is 0 Å². The average Bonchev–Trinajstić information content (AvgIpc) is 2.36. The molecule has 2 aromatic rings. The minimum Gasteiger partial charge on any atom is -0.384 e. The molecular formula is C16H19F3N2. The number of nitrogens with zero attached hydrogens (tertiary/aromatic N) is 1. The van der Waals surface area contributed by atoms with E-state index in [0.29, 0.717) is 10.9 Å². The highest BCUT2D eigenvalue weighted by Gasteiger charge is 2.30. The van der Waals surface area contributed by atoms with Gasteiger partial charge < -0.3 is 5.32 Å². The number of anilines is 1. The van der Waals surface area contributed by atoms with Gasteiger partial charge in [0.05, 0.1) is 11.1 Å². The molecule has 0 aliphatic carbocycles. The van der Waals surface area contributed by atoms with Crippen LogP contribution in [-0.4, -0.2) is 11.5 Å². The Morgan fingerprint density at radius 1 is 1.10 bits per heavy atom. The molecule has 0 aliphatic heterocycles. The summed E-state index contributed by atoms with van der Waals surface area (Å²) in [4.78, 5) is 4.03. The summed E-state index contributed by atoms with van der Waals surface area (Å²) in [6.45, 7) is 7.21. The lowest BCUT2D eigenvalue weighted by molar-refractivity contribution is -0.137. The van der Waals surface area contributed by atoms with Crippen LogP contribution in [0.2, 0.25) is 0 Å². The summed E-state index contributed by atoms with van der Waals surface area (Å²) in [6, 6.07) is 5.45. The number of halogens is 3. The normalized spacial score (nSPS) is 12.7. The number of fused-ring (bicyclic) bond motifs is 1. The Hall–Kier alpha value is -1.78. The first-order valence-electron chi connectivity index (χ1n) is 6.87. The van der Waals surface area contributed by atoms with Crippen molar-refractivity contribution in [3.8, 4) is 0 Å². The SMILES string of the molecule is CC(C)(C)CCNc1ccnc2cc(C(F)(F)F)ccc12. The average molecular weight is 296 g/mol. The molecule has 0 saturated heterocycles. The van der Waals surface area contributed by atoms with Gasteiger partial charge in [0.25, 0.3) is 0 Å². The van der Waals surface area contributed by atoms with Gasteiger partial charge in [-0.25, -0.2) is 0 Å². The number of benzene rings is 1. The third-order valence-electron chi connectivity index (χ3n) is 3.26. The predicted octanol–water partition coefficient (Wildman–Crippen LogP) is 5.10. The van der Waals surface area contributed by atoms with Crippen LogP contribution >= 0.6 is 0 Å². The van der Waals surface area contributed by atoms with E-state index in [1.807, 2.05) is 0 Å². The van der Waals surface area contributed by atoms with Crippen molar-refractivity contribution >= 4 is 16.6 Å². The maximum absolute atomic E-state index is 12.7. The monoisotopic (exact) mass is 296 g/mol. The van der Waals surface area contributed by atoms with E-state index in [1.165, 1.54) is 12.3 Å². The number of alkyl halides is 3. The first-order chi connectivity index (χ1) is 9.67. The predicted molar refractivity (Wildman–Crippen MR) is 79.3 cm³/mol. The number of pyridine rings is 1. The molecule has 0 saturated carbocycles. The molecule has 1 heterocycles. The van der Waals surface area contributed by atoms with Gasteiger partial charge in [-0.2, -0.15) is 13.2 Å². The van der Waals surface area contributed by atoms with E-state index in [-0.39, 0.29) is 5.41 Å². The van der Waals surface area contributed by atoms with E-state index in [0.717, 1.165) is 30.8 Å². The van der Waals surface area contributed by atoms with E-state index < -0.39 is 11.7 Å². The Morgan fingerprint density at radius 3 is 2.43 bits per heavy atom. The van der Waals surface area contributed by atoms with E-state index in [2.05, 4.69) is 31.1 Å². The molecule has 2 nitrogen and oxygen atoms in total. The van der Waals surface area contributed by atoms with E-state index in [1.54, 1.807) is 6.07 Å². The number of nitrogens with one attached hydrogen (secondary N) is 1. The lowest BCUT2D eigenvalue weighted by Crippen LogP contribution is -2.13. The molecular weight excluding hydrogens is 277 g/mol. The van der Waals surface area contributed by atoms with E-state index >= 15 is 0 Å². The summed E-state index contributed by atoms with van der Waals surface area (Å²) >= 11 is 0. The fourth-order valence-electron chi connectivity index (χ4n) is 2.05. The quantitative estimate of drug-likeness (QED) is 0.852. The van der Waals surface area contributed by atoms with Crippen LogP contribution in [0.3, 0.4) is 0 Å². The highest BCUT2D eigenvalue weighted by molar-refractivity contribution is 5.91. The Morgan fingerprint density at radius 2 is 1.81 bits per heavy atom. The summed E-state index contributed by atoms with van der Waals surface area (Å²) in [6.07, 6.45) is -1.84. The molecule has 2 rings (SSSR count). The van der Waals surface area contributed by atoms with Crippen molar-refractivity contribution in [2.75, 3.05) is 11.9 Å². The second-order valence-corrected chi connectivity index (χ2v) is 6.33. The fraction of sp³-hybridized carbons (Fsp3) is 0.438. The maximum Gasteiger partial charge on any atom is 0.416 e. The molecule has 0 amide bonds. The van der Waals surface area contributed by atoms with Gasteiger partial charge in [0, 0.05) is 23.8 Å². The van der Waals surface area contributed by atoms with E-state index in [4.69, 9.17) is 0 Å². The molecule has 1 aromatic carbocycles. The van der Waals surface area contributed by atoms with Crippen molar-refractivity contribution in [2.24, 2.45) is 5.41 Å². The van der Waals surface area contributed by atoms with E-state index in [9.17, 15) is 13.2 Å². The summed E-state index contributed by atoms with van der Waals surface area (Å²) in [5.41, 5.74) is 0.706. The van der Waals surface area contributed by atoms with Gasteiger partial charge in [-0.1, -0.05) is 26.8 Å². The summed E-state index contributed by atoms with van der Waals surface area (Å²) in [7, 11) is 0. The van der Waals surface area contributed by atoms with Crippen molar-refractivity contribution in [2.45, 2.75) is 33.4 Å². The zero-order valence-corrected chi connectivity index (χ0v) is 12.4. The Kier molecular flexibility index (Phi) is 4.12. The molecule has 0 bridgehead atoms. The zero-order chi connectivity index (χ0) is 15.7. The minimum atomic E-state index is -4.34. The molecule has 114 valence electrons. The smallest absolute Gasteiger partial charge is 0.384 e. The molecule has 1 N–H and O–H groups in total. The van der Waals surface area contributed by atoms with Crippen LogP contribution < -0.4 is 5.32 Å². The Balaban J connectivity index is 2.26. The van der Waals surface area contributed by atoms with Crippen molar-refractivity contribution in [1.82, 2.24) is 4.98 Å². The van der Waals surface area contributed by atoms with Crippen LogP contribution in [0, 0.1) is 5.41 Å². The minimum absolute atomic E-state index is 0.208. The van der Waals surface area contributed by atoms with Crippen molar-refractivity contribution < 1.29 is 13.2 Å². The number of hydrogen-bond donors (Lipinski definition) is 1. The molecule has 1 aromatic heterocycles. The second kappa shape index (κ2) is 5.54. The highest BCUT2D eigenvalue weighted by Crippen LogP contribution is 2.32. The maximum atomic E-state index is 12.7. The highest BCUT2D eigenvalue weighted by atomic mass is 19.4. The lowest BCUT2D eigenvalue weighted by Gasteiger charge is -2.19. The lowest BCUT2D eigenvalue weighted by atomic mass is 9.92.